The Hall–Kier alpha value is -5.49. The van der Waals surface area contributed by atoms with Crippen molar-refractivity contribution in [2.75, 3.05) is 118 Å². The molecule has 8 N–H and O–H groups in total. The largest absolute Gasteiger partial charge is 0.444 e. The molecular weight excluding hydrogens is 909 g/mol. The van der Waals surface area contributed by atoms with E-state index in [9.17, 15) is 4.79 Å². The van der Waals surface area contributed by atoms with Crippen LogP contribution in [0.15, 0.2) is 18.6 Å². The van der Waals surface area contributed by atoms with Crippen LogP contribution in [0.25, 0.3) is 33.8 Å². The Morgan fingerprint density at radius 3 is 1.58 bits per heavy atom. The molecule has 0 aliphatic carbocycles. The highest BCUT2D eigenvalue weighted by atomic mass is 32.1. The van der Waals surface area contributed by atoms with Crippen molar-refractivity contribution < 1.29 is 9.53 Å². The molecule has 0 radical (unpaired) electrons. The first-order valence-electron chi connectivity index (χ1n) is 23.0. The minimum Gasteiger partial charge on any atom is -0.444 e. The van der Waals surface area contributed by atoms with Crippen LogP contribution in [0.3, 0.4) is 0 Å². The number of carbonyl (C=O) groups is 1. The van der Waals surface area contributed by atoms with E-state index in [1.165, 1.54) is 14.6 Å². The van der Waals surface area contributed by atoms with Gasteiger partial charge in [0.2, 0.25) is 0 Å². The number of hydrogen-bond acceptors (Lipinski definition) is 19. The van der Waals surface area contributed by atoms with Gasteiger partial charge in [0.15, 0.2) is 15.4 Å². The number of thiazole rings is 3. The summed E-state index contributed by atoms with van der Waals surface area (Å²) in [6, 6.07) is 0. The van der Waals surface area contributed by atoms with E-state index in [0.717, 1.165) is 144 Å². The molecule has 0 unspecified atom stereocenters. The van der Waals surface area contributed by atoms with E-state index in [0.29, 0.717) is 19.6 Å². The van der Waals surface area contributed by atoms with Crippen LogP contribution in [0.4, 0.5) is 37.6 Å². The van der Waals surface area contributed by atoms with Gasteiger partial charge in [0, 0.05) is 122 Å². The number of hydrogen-bond donors (Lipinski definition) is 6. The normalized spacial score (nSPS) is 13.7. The summed E-state index contributed by atoms with van der Waals surface area (Å²) in [4.78, 5) is 38.9. The number of nitrogens with one attached hydrogen (secondary N) is 4. The number of aromatic amines is 1. The number of nitrogens with zero attached hydrogens (tertiary/aromatic N) is 12. The maximum Gasteiger partial charge on any atom is 0.410 e. The number of anilines is 6. The molecule has 1 amide bonds. The Balaban J connectivity index is 0.000000153. The quantitative estimate of drug-likeness (QED) is 0.0805. The summed E-state index contributed by atoms with van der Waals surface area (Å²) in [5, 5.41) is 28.5. The summed E-state index contributed by atoms with van der Waals surface area (Å²) in [7, 11) is 11.5. The number of amides is 1. The van der Waals surface area contributed by atoms with Crippen LogP contribution in [0, 0.1) is 0 Å². The average Bonchev–Trinajstić information content (AvgIpc) is 4.18. The van der Waals surface area contributed by atoms with Crippen LogP contribution in [0.2, 0.25) is 0 Å². The van der Waals surface area contributed by atoms with Crippen LogP contribution >= 0.6 is 34.0 Å². The minimum absolute atomic E-state index is 0.282. The number of H-pyrrole nitrogens is 1. The Labute approximate surface area is 405 Å². The van der Waals surface area contributed by atoms with Crippen molar-refractivity contribution in [3.05, 3.63) is 33.2 Å². The predicted octanol–water partition coefficient (Wildman–Crippen LogP) is 5.79. The van der Waals surface area contributed by atoms with Crippen LogP contribution in [0.1, 0.15) is 54.7 Å². The van der Waals surface area contributed by atoms with Gasteiger partial charge in [-0.25, -0.2) is 19.7 Å². The number of ether oxygens (including phenoxy) is 1. The fraction of sp³-hybridized carbons (Fsp3) is 0.568. The van der Waals surface area contributed by atoms with E-state index >= 15 is 0 Å². The zero-order valence-corrected chi connectivity index (χ0v) is 42.9. The van der Waals surface area contributed by atoms with Crippen molar-refractivity contribution in [1.82, 2.24) is 49.6 Å². The second kappa shape index (κ2) is 22.1. The molecule has 364 valence electrons. The summed E-state index contributed by atoms with van der Waals surface area (Å²) in [6.07, 6.45) is 11.2. The van der Waals surface area contributed by atoms with E-state index in [1.807, 2.05) is 84.0 Å². The number of nitrogens with two attached hydrogens (primary N) is 2. The summed E-state index contributed by atoms with van der Waals surface area (Å²) < 4.78 is 9.29. The number of rotatable bonds is 13. The third kappa shape index (κ3) is 11.4. The lowest BCUT2D eigenvalue weighted by Gasteiger charge is -2.27. The monoisotopic (exact) mass is 976 g/mol. The highest BCUT2D eigenvalue weighted by Crippen LogP contribution is 2.42. The Morgan fingerprint density at radius 2 is 1.13 bits per heavy atom. The molecule has 20 nitrogen and oxygen atoms in total. The van der Waals surface area contributed by atoms with Crippen molar-refractivity contribution in [2.24, 2.45) is 25.6 Å². The molecule has 0 saturated carbocycles. The maximum atomic E-state index is 12.1. The highest BCUT2D eigenvalue weighted by Gasteiger charge is 2.29. The molecule has 0 saturated heterocycles. The number of carbonyl (C=O) groups excluding carboxylic acids is 1. The summed E-state index contributed by atoms with van der Waals surface area (Å²) >= 11 is 5.17. The van der Waals surface area contributed by atoms with Crippen molar-refractivity contribution >= 4 is 73.0 Å². The first-order valence-corrected chi connectivity index (χ1v) is 25.4. The molecule has 23 heteroatoms. The fourth-order valence-corrected chi connectivity index (χ4v) is 11.1. The van der Waals surface area contributed by atoms with E-state index < -0.39 is 5.60 Å². The first kappa shape index (κ1) is 49.4. The van der Waals surface area contributed by atoms with Crippen molar-refractivity contribution in [1.29, 1.82) is 0 Å². The Kier molecular flexibility index (Phi) is 16.3. The lowest BCUT2D eigenvalue weighted by molar-refractivity contribution is 0.0298. The third-order valence-corrected chi connectivity index (χ3v) is 15.0. The van der Waals surface area contributed by atoms with Gasteiger partial charge in [0.05, 0.1) is 52.4 Å². The summed E-state index contributed by atoms with van der Waals surface area (Å²) in [5.74, 6) is 3.32. The zero-order chi connectivity index (χ0) is 47.8. The smallest absolute Gasteiger partial charge is 0.410 e. The molecule has 0 bridgehead atoms. The molecule has 6 aromatic rings. The molecule has 9 rings (SSSR count). The Bertz CT molecular complexity index is 2550. The van der Waals surface area contributed by atoms with Crippen LogP contribution in [-0.2, 0) is 38.1 Å². The van der Waals surface area contributed by atoms with Gasteiger partial charge in [0.1, 0.15) is 23.1 Å². The minimum atomic E-state index is -0.476. The molecule has 0 spiro atoms. The van der Waals surface area contributed by atoms with Gasteiger partial charge in [0.25, 0.3) is 0 Å². The van der Waals surface area contributed by atoms with Gasteiger partial charge in [-0.1, -0.05) is 0 Å². The lowest BCUT2D eigenvalue weighted by Crippen LogP contribution is -2.36. The predicted molar refractivity (Wildman–Crippen MR) is 276 cm³/mol. The maximum absolute atomic E-state index is 12.1. The molecular formula is C44H68N18O2S3. The molecule has 6 aromatic heterocycles. The topological polar surface area (TPSA) is 230 Å². The van der Waals surface area contributed by atoms with E-state index in [-0.39, 0.29) is 6.09 Å². The molecule has 3 aliphatic heterocycles. The molecule has 9 heterocycles. The molecule has 0 atom stereocenters. The van der Waals surface area contributed by atoms with E-state index in [1.54, 1.807) is 46.0 Å². The second-order valence-electron chi connectivity index (χ2n) is 17.5. The van der Waals surface area contributed by atoms with Gasteiger partial charge in [-0.15, -0.1) is 34.0 Å². The van der Waals surface area contributed by atoms with Crippen molar-refractivity contribution in [3.63, 3.8) is 0 Å². The van der Waals surface area contributed by atoms with Crippen LogP contribution in [0.5, 0.6) is 0 Å². The zero-order valence-electron chi connectivity index (χ0n) is 40.4. The van der Waals surface area contributed by atoms with Gasteiger partial charge < -0.3 is 51.8 Å². The SMILES string of the molecule is CNc1nc2c(s1)CCN(CCCN(C)C(=O)OC(C)(C)C)c1c-2cnn1C.CNc1nc2c(s1)CCN(CCCN)c1[nH]ncc1-2.CNc1nc2c(s1)CCN(CCCN)c1c-2cnn1C. The van der Waals surface area contributed by atoms with E-state index in [4.69, 9.17) is 26.2 Å². The van der Waals surface area contributed by atoms with Gasteiger partial charge in [-0.05, 0) is 53.1 Å². The molecule has 0 fully saturated rings. The van der Waals surface area contributed by atoms with Crippen molar-refractivity contribution in [2.45, 2.75) is 64.9 Å². The number of aryl methyl sites for hydroxylation is 2. The summed E-state index contributed by atoms with van der Waals surface area (Å²) in [5.41, 5.74) is 17.3. The Morgan fingerprint density at radius 1 is 0.701 bits per heavy atom. The first-order chi connectivity index (χ1) is 32.3. The van der Waals surface area contributed by atoms with Crippen LogP contribution < -0.4 is 42.1 Å². The molecule has 0 aromatic carbocycles. The fourth-order valence-electron chi connectivity index (χ4n) is 8.34. The third-order valence-electron chi connectivity index (χ3n) is 11.6. The van der Waals surface area contributed by atoms with Gasteiger partial charge in [-0.3, -0.25) is 14.5 Å². The van der Waals surface area contributed by atoms with Gasteiger partial charge >= 0.3 is 6.09 Å². The highest BCUT2D eigenvalue weighted by molar-refractivity contribution is 7.16. The summed E-state index contributed by atoms with van der Waals surface area (Å²) in [6.45, 7) is 13.4. The molecule has 67 heavy (non-hydrogen) atoms. The molecule has 3 aliphatic rings. The van der Waals surface area contributed by atoms with Crippen molar-refractivity contribution in [3.8, 4) is 33.8 Å². The second-order valence-corrected chi connectivity index (χ2v) is 20.8. The van der Waals surface area contributed by atoms with Crippen LogP contribution in [-0.4, -0.2) is 148 Å². The standard InChI is InChI=1S/C19H30N6O2S.C13H20N6S.C12H18N6S/c1-19(2,3)27-18(26)23(5)9-7-10-25-11-8-14-15(22-17(20-4)28-14)13-12-21-24(6)16(13)25;1-15-13-17-11-9-8-16-18(2)12(9)19(6-3-5-14)7-4-10(11)20-13;1-14-12-16-10-8-7-15-17-11(8)18(5-2-4-13)6-3-9(10)19-12/h12H,7-11H2,1-6H3,(H,20,22);8H,3-7,14H2,1-2H3,(H,15,17);7H,2-6,13H2,1H3,(H,14,16)(H,15,17). The van der Waals surface area contributed by atoms with E-state index in [2.05, 4.69) is 56.0 Å². The number of fused-ring (bicyclic) bond motifs is 9. The van der Waals surface area contributed by atoms with Gasteiger partial charge in [-0.2, -0.15) is 15.3 Å². The number of aromatic nitrogens is 9. The average molecular weight is 977 g/mol. The lowest BCUT2D eigenvalue weighted by atomic mass is 10.2.